The average Bonchev–Trinajstić information content (AvgIpc) is 1.54. The summed E-state index contributed by atoms with van der Waals surface area (Å²) in [4.78, 5) is 246. The normalized spacial score (nSPS) is 24.0. The van der Waals surface area contributed by atoms with Crippen molar-refractivity contribution in [2.75, 3.05) is 40.0 Å². The summed E-state index contributed by atoms with van der Waals surface area (Å²) in [5, 5.41) is 0. The van der Waals surface area contributed by atoms with E-state index in [-0.39, 0.29) is 78.5 Å². The van der Waals surface area contributed by atoms with E-state index in [0.29, 0.717) is 66.8 Å². The molecule has 150 heavy (non-hydrogen) atoms. The fourth-order valence-corrected chi connectivity index (χ4v) is 24.6. The van der Waals surface area contributed by atoms with Gasteiger partial charge in [-0.15, -0.1) is 0 Å². The number of amides is 24. The summed E-state index contributed by atoms with van der Waals surface area (Å²) in [6.07, 6.45) is -16.6. The molecule has 36 heteroatoms. The number of nitrogens with zero attached hydrogens (tertiary/aromatic N) is 24. The van der Waals surface area contributed by atoms with Crippen LogP contribution in [0.2, 0.25) is 0 Å². The van der Waals surface area contributed by atoms with Crippen molar-refractivity contribution in [3.63, 3.8) is 0 Å². The van der Waals surface area contributed by atoms with Crippen molar-refractivity contribution >= 4 is 72.4 Å². The Hall–Kier alpha value is -18.1. The highest BCUT2D eigenvalue weighted by Crippen LogP contribution is 2.50. The Balaban J connectivity index is 0.728. The second-order valence-electron chi connectivity index (χ2n) is 40.2. The van der Waals surface area contributed by atoms with Gasteiger partial charge in [-0.1, -0.05) is 364 Å². The Labute approximate surface area is 865 Å². The van der Waals surface area contributed by atoms with E-state index in [1.54, 1.807) is 58.8 Å². The molecule has 0 N–H and O–H groups in total. The van der Waals surface area contributed by atoms with Crippen LogP contribution in [-0.2, 0) is 78.5 Å². The molecule has 13 aliphatic heterocycles. The highest BCUT2D eigenvalue weighted by atomic mass is 16.2. The maximum Gasteiger partial charge on any atom is 0.326 e. The molecule has 12 aromatic rings. The quantitative estimate of drug-likeness (QED) is 0.0546. The lowest BCUT2D eigenvalue weighted by molar-refractivity contribution is 0.0397. The van der Waals surface area contributed by atoms with E-state index in [1.807, 2.05) is 364 Å². The van der Waals surface area contributed by atoms with Crippen LogP contribution in [0.25, 0.3) is 0 Å². The lowest BCUT2D eigenvalue weighted by atomic mass is 10.2. The third kappa shape index (κ3) is 16.1. The van der Waals surface area contributed by atoms with Gasteiger partial charge in [0.25, 0.3) is 0 Å². The summed E-state index contributed by atoms with van der Waals surface area (Å²) in [5.41, 5.74) is 7.96. The standard InChI is InChI=1S/C114H108N24O12/c139-103-115(61-79-37-13-1-14-38-79)91-92(116(103)62-80-39-15-2-16-40-80)128-74-130-95-96(120(66-84-47-23-6-24-48-84)105(141)119(95)65-83-45-21-5-22-46-83)132(111(130)147)76-134-99-100(124(70-88-55-31-10-32-56-88)107(143)123(99)69-87-53-29-9-30-54-87)136(113(134)149)78-138-102-101(125(71-89-57-33-11-34-58-89)108(144)126(102)72-90-59-35-12-36-60-90)137(114(138)150)77-135-98-97(121(67-85-49-25-7-26-50-85)106(142)122(98)68-86-51-27-8-28-52-86)133(112(135)148)75-131-94-93(129(110(131)146)73-127(91)109(128)145)117(63-81-41-17-3-18-42-81)104(140)118(94)64-82-43-19-4-20-44-82/h1-60,91-102H,61-78H2/t91-,92+,93+,94-,95-,96+,97+,98-,99-,100+,101+,102-. The van der Waals surface area contributed by atoms with Crippen LogP contribution in [0, 0.1) is 0 Å². The minimum atomic E-state index is -1.39. The Morgan fingerprint density at radius 3 is 0.260 bits per heavy atom. The van der Waals surface area contributed by atoms with Gasteiger partial charge in [0, 0.05) is 78.5 Å². The lowest BCUT2D eigenvalue weighted by Crippen LogP contribution is -2.57. The van der Waals surface area contributed by atoms with Crippen LogP contribution < -0.4 is 0 Å². The van der Waals surface area contributed by atoms with Crippen LogP contribution in [0.15, 0.2) is 364 Å². The molecule has 36 nitrogen and oxygen atoms in total. The summed E-state index contributed by atoms with van der Waals surface area (Å²) >= 11 is 0. The number of benzene rings is 12. The number of urea groups is 12. The third-order valence-electron chi connectivity index (χ3n) is 31.3. The second-order valence-corrected chi connectivity index (χ2v) is 40.2. The van der Waals surface area contributed by atoms with Crippen molar-refractivity contribution in [1.82, 2.24) is 118 Å². The van der Waals surface area contributed by atoms with E-state index in [1.165, 1.54) is 58.8 Å². The van der Waals surface area contributed by atoms with Gasteiger partial charge < -0.3 is 0 Å². The molecular formula is C114H108N24O12. The van der Waals surface area contributed by atoms with Crippen LogP contribution >= 0.6 is 0 Å². The van der Waals surface area contributed by atoms with Crippen LogP contribution in [0.4, 0.5) is 57.5 Å². The van der Waals surface area contributed by atoms with Gasteiger partial charge in [-0.25, -0.2) is 57.5 Å². The number of rotatable bonds is 24. The largest absolute Gasteiger partial charge is 0.326 e. The van der Waals surface area contributed by atoms with Gasteiger partial charge in [0.2, 0.25) is 0 Å². The molecule has 24 amide bonds. The Kier molecular flexibility index (Phi) is 23.8. The molecule has 13 saturated heterocycles. The van der Waals surface area contributed by atoms with E-state index in [2.05, 4.69) is 0 Å². The van der Waals surface area contributed by atoms with E-state index < -0.39 is 186 Å². The van der Waals surface area contributed by atoms with Gasteiger partial charge in [0.15, 0.2) is 74.0 Å². The number of carbonyl (C=O) groups excluding carboxylic acids is 12. The smallest absolute Gasteiger partial charge is 0.296 e. The van der Waals surface area contributed by atoms with Gasteiger partial charge in [-0.3, -0.25) is 118 Å². The molecule has 12 bridgehead atoms. The monoisotopic (exact) mass is 2000 g/mol. The Morgan fingerprint density at radius 2 is 0.187 bits per heavy atom. The van der Waals surface area contributed by atoms with Crippen molar-refractivity contribution in [3.05, 3.63) is 431 Å². The van der Waals surface area contributed by atoms with Gasteiger partial charge in [0.1, 0.15) is 40.0 Å². The molecule has 13 aliphatic rings. The first-order valence-corrected chi connectivity index (χ1v) is 50.8. The number of hydrogen-bond acceptors (Lipinski definition) is 12. The summed E-state index contributed by atoms with van der Waals surface area (Å²) in [5.74, 6) is 0. The van der Waals surface area contributed by atoms with Crippen molar-refractivity contribution < 1.29 is 57.5 Å². The molecule has 12 atom stereocenters. The van der Waals surface area contributed by atoms with Crippen LogP contribution in [-0.4, -0.2) is 304 Å². The average molecular weight is 2010 g/mol. The third-order valence-corrected chi connectivity index (χ3v) is 31.3. The maximum absolute atomic E-state index is 18.0. The molecule has 0 aliphatic carbocycles. The highest BCUT2D eigenvalue weighted by Gasteiger charge is 2.72. The van der Waals surface area contributed by atoms with Crippen molar-refractivity contribution in [1.29, 1.82) is 0 Å². The molecule has 13 heterocycles. The molecule has 0 saturated carbocycles. The predicted octanol–water partition coefficient (Wildman–Crippen LogP) is 14.9. The van der Waals surface area contributed by atoms with E-state index in [9.17, 15) is 0 Å². The zero-order valence-electron chi connectivity index (χ0n) is 81.9. The number of hydrogen-bond donors (Lipinski definition) is 0. The first-order valence-electron chi connectivity index (χ1n) is 50.8. The molecule has 0 unspecified atom stereocenters. The van der Waals surface area contributed by atoms with Gasteiger partial charge in [0.05, 0.1) is 0 Å². The Bertz CT molecular complexity index is 5660. The highest BCUT2D eigenvalue weighted by molar-refractivity contribution is 5.93. The van der Waals surface area contributed by atoms with Crippen LogP contribution in [0.5, 0.6) is 0 Å². The van der Waals surface area contributed by atoms with Crippen LogP contribution in [0.1, 0.15) is 66.8 Å². The molecule has 25 rings (SSSR count). The fourth-order valence-electron chi connectivity index (χ4n) is 24.6. The molecular weight excluding hydrogens is 1900 g/mol. The minimum absolute atomic E-state index is 0.116. The first kappa shape index (κ1) is 93.0. The molecule has 756 valence electrons. The lowest BCUT2D eigenvalue weighted by Gasteiger charge is -2.37. The van der Waals surface area contributed by atoms with E-state index >= 15 is 57.5 Å². The Morgan fingerprint density at radius 1 is 0.113 bits per heavy atom. The van der Waals surface area contributed by atoms with E-state index in [0.717, 1.165) is 0 Å². The zero-order valence-corrected chi connectivity index (χ0v) is 81.9. The molecule has 0 aromatic heterocycles. The SMILES string of the molecule is O=C1N(Cc2ccccc2)[C@H]2[C@@H](N1Cc1ccccc1)N1CN3C(=O)N(CN4C(=O)N(CN5C(=O)N(CN6C(=O)N(CN7C(=O)N(CN2C1=O)[C@H]1[C@@H]7N(Cc2ccccc2)C(=O)N1Cc1ccccc1)[C@H]1[C@@H]6N(Cc2ccccc2)C(=O)N1Cc1ccccc1)[C@H]1[C@@H]5N(Cc2ccccc2)C(=O)N1Cc1ccccc1)[C@H]1[C@@H]4N(Cc2ccccc2)C(=O)N1Cc1ccccc1)[C@H]1[C@@H]3N(Cc2ccccc2)C(=O)N1Cc1ccccc1. The molecule has 0 radical (unpaired) electrons. The van der Waals surface area contributed by atoms with Crippen LogP contribution in [0.3, 0.4) is 0 Å². The molecule has 0 spiro atoms. The van der Waals surface area contributed by atoms with Gasteiger partial charge in [-0.05, 0) is 66.8 Å². The molecule has 13 fully saturated rings. The number of carbonyl (C=O) groups is 12. The van der Waals surface area contributed by atoms with Crippen molar-refractivity contribution in [2.24, 2.45) is 0 Å². The van der Waals surface area contributed by atoms with Gasteiger partial charge in [-0.2, -0.15) is 0 Å². The fraction of sp³-hybridized carbons (Fsp3) is 0.263. The summed E-state index contributed by atoms with van der Waals surface area (Å²) in [7, 11) is 0. The van der Waals surface area contributed by atoms with E-state index in [4.69, 9.17) is 0 Å². The number of fused-ring (bicyclic) bond motifs is 30. The van der Waals surface area contributed by atoms with Gasteiger partial charge >= 0.3 is 72.4 Å². The van der Waals surface area contributed by atoms with Crippen molar-refractivity contribution in [2.45, 2.75) is 153 Å². The first-order chi connectivity index (χ1) is 73.4. The molecule has 12 aromatic carbocycles. The zero-order chi connectivity index (χ0) is 102. The predicted molar refractivity (Wildman–Crippen MR) is 545 cm³/mol. The maximum atomic E-state index is 18.0. The van der Waals surface area contributed by atoms with Crippen molar-refractivity contribution in [3.8, 4) is 0 Å². The second kappa shape index (κ2) is 38.4. The summed E-state index contributed by atoms with van der Waals surface area (Å²) in [6, 6.07) is 103. The summed E-state index contributed by atoms with van der Waals surface area (Å²) in [6.45, 7) is -5.57. The topological polar surface area (TPSA) is 283 Å². The summed E-state index contributed by atoms with van der Waals surface area (Å²) < 4.78 is 0. The minimum Gasteiger partial charge on any atom is -0.296 e.